The van der Waals surface area contributed by atoms with E-state index in [4.69, 9.17) is 5.73 Å². The Bertz CT molecular complexity index is 168. The van der Waals surface area contributed by atoms with Crippen LogP contribution in [0.5, 0.6) is 0 Å². The molecule has 4 heteroatoms. The molecule has 0 saturated carbocycles. The van der Waals surface area contributed by atoms with Crippen LogP contribution in [0.2, 0.25) is 0 Å². The van der Waals surface area contributed by atoms with Crippen molar-refractivity contribution in [2.45, 2.75) is 26.7 Å². The van der Waals surface area contributed by atoms with Gasteiger partial charge in [-0.1, -0.05) is 6.92 Å². The van der Waals surface area contributed by atoms with Gasteiger partial charge in [0.15, 0.2) is 0 Å². The summed E-state index contributed by atoms with van der Waals surface area (Å²) in [7, 11) is 0. The molecule has 1 N–H and O–H groups in total. The average molecular weight is 171 g/mol. The fourth-order valence-corrected chi connectivity index (χ4v) is 0.933. The van der Waals surface area contributed by atoms with E-state index in [2.05, 4.69) is 0 Å². The molecule has 0 saturated heterocycles. The van der Waals surface area contributed by atoms with E-state index < -0.39 is 5.91 Å². The average Bonchev–Trinajstić information content (AvgIpc) is 1.96. The van der Waals surface area contributed by atoms with Gasteiger partial charge < -0.3 is 4.90 Å². The quantitative estimate of drug-likeness (QED) is 0.602. The molecule has 12 heavy (non-hydrogen) atoms. The van der Waals surface area contributed by atoms with Gasteiger partial charge in [0, 0.05) is 26.4 Å². The molecule has 0 heterocycles. The maximum absolute atomic E-state index is 10.9. The molecule has 2 amide bonds. The van der Waals surface area contributed by atoms with Gasteiger partial charge in [-0.05, 0) is 6.42 Å². The Morgan fingerprint density at radius 1 is 1.33 bits per heavy atom. The van der Waals surface area contributed by atoms with Gasteiger partial charge in [0.1, 0.15) is 0 Å². The van der Waals surface area contributed by atoms with E-state index in [0.29, 0.717) is 13.1 Å². The molecule has 1 radical (unpaired) electrons. The third-order valence-corrected chi connectivity index (χ3v) is 1.55. The van der Waals surface area contributed by atoms with E-state index in [1.165, 1.54) is 6.92 Å². The van der Waals surface area contributed by atoms with Gasteiger partial charge in [-0.15, -0.1) is 0 Å². The molecule has 0 spiro atoms. The summed E-state index contributed by atoms with van der Waals surface area (Å²) in [5.74, 6) is -0.643. The van der Waals surface area contributed by atoms with Crippen molar-refractivity contribution >= 4 is 11.8 Å². The van der Waals surface area contributed by atoms with E-state index in [0.717, 1.165) is 6.42 Å². The van der Waals surface area contributed by atoms with Crippen LogP contribution >= 0.6 is 0 Å². The van der Waals surface area contributed by atoms with Gasteiger partial charge in [0.25, 0.3) is 0 Å². The minimum atomic E-state index is -0.614. The van der Waals surface area contributed by atoms with Crippen molar-refractivity contribution in [3.63, 3.8) is 0 Å². The molecule has 0 aromatic rings. The molecule has 0 unspecified atom stereocenters. The third-order valence-electron chi connectivity index (χ3n) is 1.55. The lowest BCUT2D eigenvalue weighted by Gasteiger charge is -2.18. The van der Waals surface area contributed by atoms with Crippen molar-refractivity contribution in [2.24, 2.45) is 0 Å². The summed E-state index contributed by atoms with van der Waals surface area (Å²) in [4.78, 5) is 22.8. The molecular formula is C8H15N2O2. The Morgan fingerprint density at radius 2 is 1.92 bits per heavy atom. The number of hydrogen-bond acceptors (Lipinski definition) is 2. The lowest BCUT2D eigenvalue weighted by Crippen LogP contribution is -2.31. The predicted octanol–water partition coefficient (Wildman–Crippen LogP) is 0.445. The van der Waals surface area contributed by atoms with Crippen LogP contribution in [-0.2, 0) is 9.59 Å². The maximum atomic E-state index is 10.9. The number of hydrogen-bond donors (Lipinski definition) is 0. The number of nitrogens with one attached hydrogen (secondary N) is 1. The Labute approximate surface area is 72.7 Å². The van der Waals surface area contributed by atoms with E-state index in [9.17, 15) is 9.59 Å². The van der Waals surface area contributed by atoms with Gasteiger partial charge in [-0.3, -0.25) is 15.3 Å². The van der Waals surface area contributed by atoms with E-state index in [1.54, 1.807) is 4.90 Å². The maximum Gasteiger partial charge on any atom is 0.240 e. The second-order valence-corrected chi connectivity index (χ2v) is 2.68. The number of rotatable bonds is 5. The fraction of sp³-hybridized carbons (Fsp3) is 0.750. The lowest BCUT2D eigenvalue weighted by atomic mass is 10.3. The van der Waals surface area contributed by atoms with Crippen LogP contribution in [-0.4, -0.2) is 29.8 Å². The van der Waals surface area contributed by atoms with Crippen LogP contribution in [0.4, 0.5) is 0 Å². The lowest BCUT2D eigenvalue weighted by molar-refractivity contribution is -0.129. The summed E-state index contributed by atoms with van der Waals surface area (Å²) in [6, 6.07) is 0. The third kappa shape index (κ3) is 4.71. The largest absolute Gasteiger partial charge is 0.342 e. The zero-order chi connectivity index (χ0) is 9.56. The standard InChI is InChI=1S/C8H15N2O2/c1-3-5-10(7(2)11)6-4-8(9)12/h9H,3-6H2,1-2H3. The molecule has 4 nitrogen and oxygen atoms in total. The highest BCUT2D eigenvalue weighted by Crippen LogP contribution is 1.94. The minimum Gasteiger partial charge on any atom is -0.342 e. The van der Waals surface area contributed by atoms with Crippen LogP contribution in [0, 0.1) is 0 Å². The van der Waals surface area contributed by atoms with Crippen molar-refractivity contribution in [3.8, 4) is 0 Å². The first kappa shape index (κ1) is 10.9. The molecule has 0 rings (SSSR count). The number of carbonyl (C=O) groups excluding carboxylic acids is 2. The summed E-state index contributed by atoms with van der Waals surface area (Å²) in [6.07, 6.45) is 1.02. The first-order chi connectivity index (χ1) is 5.57. The number of carbonyl (C=O) groups is 2. The van der Waals surface area contributed by atoms with Crippen molar-refractivity contribution in [1.82, 2.24) is 10.6 Å². The highest BCUT2D eigenvalue weighted by Gasteiger charge is 2.07. The fourth-order valence-electron chi connectivity index (χ4n) is 0.933. The zero-order valence-corrected chi connectivity index (χ0v) is 7.59. The predicted molar refractivity (Wildman–Crippen MR) is 45.3 cm³/mol. The molecule has 0 bridgehead atoms. The van der Waals surface area contributed by atoms with E-state index in [1.807, 2.05) is 6.92 Å². The van der Waals surface area contributed by atoms with Crippen LogP contribution < -0.4 is 5.73 Å². The second kappa shape index (κ2) is 5.57. The summed E-state index contributed by atoms with van der Waals surface area (Å²) < 4.78 is 0. The number of amides is 2. The van der Waals surface area contributed by atoms with Crippen molar-refractivity contribution in [1.29, 1.82) is 0 Å². The molecule has 0 aromatic carbocycles. The monoisotopic (exact) mass is 171 g/mol. The van der Waals surface area contributed by atoms with Crippen LogP contribution in [0.3, 0.4) is 0 Å². The SMILES string of the molecule is CCCN(CCC([NH])=O)C(C)=O. The highest BCUT2D eigenvalue weighted by molar-refractivity contribution is 5.76. The van der Waals surface area contributed by atoms with Gasteiger partial charge in [0.2, 0.25) is 11.8 Å². The van der Waals surface area contributed by atoms with Crippen molar-refractivity contribution < 1.29 is 9.59 Å². The van der Waals surface area contributed by atoms with Crippen LogP contribution in [0.15, 0.2) is 0 Å². The molecule has 0 atom stereocenters. The number of nitrogens with zero attached hydrogens (tertiary/aromatic N) is 1. The van der Waals surface area contributed by atoms with Crippen molar-refractivity contribution in [2.75, 3.05) is 13.1 Å². The van der Waals surface area contributed by atoms with Gasteiger partial charge in [-0.2, -0.15) is 0 Å². The first-order valence-corrected chi connectivity index (χ1v) is 4.07. The highest BCUT2D eigenvalue weighted by atomic mass is 16.2. The molecular weight excluding hydrogens is 156 g/mol. The van der Waals surface area contributed by atoms with Crippen LogP contribution in [0.1, 0.15) is 26.7 Å². The summed E-state index contributed by atoms with van der Waals surface area (Å²) in [5.41, 5.74) is 6.67. The molecule has 69 valence electrons. The van der Waals surface area contributed by atoms with E-state index in [-0.39, 0.29) is 12.3 Å². The van der Waals surface area contributed by atoms with Gasteiger partial charge in [-0.25, -0.2) is 0 Å². The van der Waals surface area contributed by atoms with Gasteiger partial charge >= 0.3 is 0 Å². The zero-order valence-electron chi connectivity index (χ0n) is 7.59. The normalized spacial score (nSPS) is 9.50. The topological polar surface area (TPSA) is 61.2 Å². The summed E-state index contributed by atoms with van der Waals surface area (Å²) in [5, 5.41) is 0. The first-order valence-electron chi connectivity index (χ1n) is 4.07. The molecule has 0 aliphatic carbocycles. The molecule has 0 aliphatic heterocycles. The summed E-state index contributed by atoms with van der Waals surface area (Å²) >= 11 is 0. The summed E-state index contributed by atoms with van der Waals surface area (Å²) in [6.45, 7) is 4.50. The van der Waals surface area contributed by atoms with Crippen molar-refractivity contribution in [3.05, 3.63) is 0 Å². The molecule has 0 aromatic heterocycles. The van der Waals surface area contributed by atoms with E-state index >= 15 is 0 Å². The Balaban J connectivity index is 3.79. The van der Waals surface area contributed by atoms with Crippen LogP contribution in [0.25, 0.3) is 0 Å². The molecule has 0 aliphatic rings. The van der Waals surface area contributed by atoms with Gasteiger partial charge in [0.05, 0.1) is 0 Å². The minimum absolute atomic E-state index is 0.0295. The second-order valence-electron chi connectivity index (χ2n) is 2.68. The molecule has 0 fully saturated rings. The Kier molecular flexibility index (Phi) is 5.08. The Hall–Kier alpha value is -1.06. The Morgan fingerprint density at radius 3 is 2.25 bits per heavy atom. The smallest absolute Gasteiger partial charge is 0.240 e.